The van der Waals surface area contributed by atoms with Gasteiger partial charge in [-0.15, -0.1) is 0 Å². The van der Waals surface area contributed by atoms with Crippen LogP contribution in [0.15, 0.2) is 18.2 Å². The second kappa shape index (κ2) is 5.15. The van der Waals surface area contributed by atoms with Crippen molar-refractivity contribution >= 4 is 17.5 Å². The Morgan fingerprint density at radius 2 is 2.04 bits per heavy atom. The molecule has 3 aliphatic rings. The molecule has 1 N–H and O–H groups in total. The maximum Gasteiger partial charge on any atom is 0.231 e. The summed E-state index contributed by atoms with van der Waals surface area (Å²) in [5, 5.41) is 3.01. The molecule has 2 aliphatic heterocycles. The van der Waals surface area contributed by atoms with Crippen LogP contribution in [0.2, 0.25) is 0 Å². The molecule has 1 saturated heterocycles. The first-order valence-corrected chi connectivity index (χ1v) is 8.05. The van der Waals surface area contributed by atoms with Gasteiger partial charge in [0.25, 0.3) is 0 Å². The van der Waals surface area contributed by atoms with Gasteiger partial charge in [0, 0.05) is 31.8 Å². The molecule has 0 bridgehead atoms. The Morgan fingerprint density at radius 1 is 1.26 bits per heavy atom. The molecule has 2 atom stereocenters. The molecule has 0 unspecified atom stereocenters. The van der Waals surface area contributed by atoms with Gasteiger partial charge < -0.3 is 19.7 Å². The van der Waals surface area contributed by atoms with Crippen LogP contribution in [0.1, 0.15) is 19.8 Å². The number of fused-ring (bicyclic) bond motifs is 2. The van der Waals surface area contributed by atoms with Gasteiger partial charge in [0.05, 0.1) is 5.41 Å². The Balaban J connectivity index is 1.44. The lowest BCUT2D eigenvalue weighted by atomic mass is 9.94. The van der Waals surface area contributed by atoms with Gasteiger partial charge in [-0.3, -0.25) is 9.59 Å². The summed E-state index contributed by atoms with van der Waals surface area (Å²) in [4.78, 5) is 26.0. The van der Waals surface area contributed by atoms with E-state index < -0.39 is 0 Å². The van der Waals surface area contributed by atoms with Crippen molar-refractivity contribution in [2.75, 3.05) is 31.6 Å². The molecule has 4 rings (SSSR count). The normalized spacial score (nSPS) is 27.9. The lowest BCUT2D eigenvalue weighted by Gasteiger charge is -2.30. The molecule has 2 fully saturated rings. The fraction of sp³-hybridized carbons (Fsp3) is 0.529. The number of carbonyl (C=O) groups is 2. The zero-order chi connectivity index (χ0) is 16.0. The van der Waals surface area contributed by atoms with Crippen LogP contribution in [0.3, 0.4) is 0 Å². The molecule has 1 aromatic rings. The van der Waals surface area contributed by atoms with E-state index in [1.54, 1.807) is 6.92 Å². The maximum absolute atomic E-state index is 12.7. The zero-order valence-electron chi connectivity index (χ0n) is 13.1. The molecule has 2 amide bonds. The first-order chi connectivity index (χ1) is 11.1. The monoisotopic (exact) mass is 316 g/mol. The van der Waals surface area contributed by atoms with Crippen molar-refractivity contribution in [2.45, 2.75) is 19.8 Å². The van der Waals surface area contributed by atoms with Crippen molar-refractivity contribution in [3.8, 4) is 11.5 Å². The number of ether oxygens (including phenoxy) is 2. The molecule has 0 aromatic heterocycles. The number of likely N-dealkylation sites (tertiary alicyclic amines) is 1. The van der Waals surface area contributed by atoms with E-state index in [0.29, 0.717) is 37.8 Å². The SMILES string of the molecule is CC(=O)N1CC[C@@]2(C(=O)Nc3ccc4c(c3)OCCO4)C[C@H]2C1. The van der Waals surface area contributed by atoms with E-state index in [1.807, 2.05) is 23.1 Å². The molecule has 6 nitrogen and oxygen atoms in total. The lowest BCUT2D eigenvalue weighted by molar-refractivity contribution is -0.132. The van der Waals surface area contributed by atoms with Gasteiger partial charge in [-0.1, -0.05) is 0 Å². The molecule has 6 heteroatoms. The highest BCUT2D eigenvalue weighted by Gasteiger charge is 2.61. The Labute approximate surface area is 134 Å². The van der Waals surface area contributed by atoms with Crippen LogP contribution < -0.4 is 14.8 Å². The predicted molar refractivity (Wildman–Crippen MR) is 83.5 cm³/mol. The number of hydrogen-bond donors (Lipinski definition) is 1. The summed E-state index contributed by atoms with van der Waals surface area (Å²) in [6.07, 6.45) is 1.61. The predicted octanol–water partition coefficient (Wildman–Crippen LogP) is 1.65. The van der Waals surface area contributed by atoms with E-state index in [9.17, 15) is 9.59 Å². The van der Waals surface area contributed by atoms with Crippen molar-refractivity contribution in [3.63, 3.8) is 0 Å². The summed E-state index contributed by atoms with van der Waals surface area (Å²) >= 11 is 0. The summed E-state index contributed by atoms with van der Waals surface area (Å²) in [6.45, 7) is 4.03. The largest absolute Gasteiger partial charge is 0.486 e. The average Bonchev–Trinajstić information content (AvgIpc) is 3.29. The van der Waals surface area contributed by atoms with Gasteiger partial charge in [0.1, 0.15) is 13.2 Å². The fourth-order valence-corrected chi connectivity index (χ4v) is 3.67. The van der Waals surface area contributed by atoms with E-state index in [-0.39, 0.29) is 23.1 Å². The molecule has 1 aliphatic carbocycles. The number of anilines is 1. The second-order valence-corrected chi connectivity index (χ2v) is 6.58. The van der Waals surface area contributed by atoms with Crippen LogP contribution in [0.5, 0.6) is 11.5 Å². The first kappa shape index (κ1) is 14.4. The summed E-state index contributed by atoms with van der Waals surface area (Å²) in [5.74, 6) is 1.83. The molecule has 122 valence electrons. The highest BCUT2D eigenvalue weighted by atomic mass is 16.6. The standard InChI is InChI=1S/C17H20N2O4/c1-11(20)19-5-4-17(9-12(17)10-19)16(21)18-13-2-3-14-15(8-13)23-7-6-22-14/h2-3,8,12H,4-7,9-10H2,1H3,(H,18,21)/t12-,17+/m0/s1. The van der Waals surface area contributed by atoms with E-state index in [0.717, 1.165) is 18.5 Å². The number of rotatable bonds is 2. The molecular formula is C17H20N2O4. The van der Waals surface area contributed by atoms with Crippen LogP contribution in [0, 0.1) is 11.3 Å². The minimum atomic E-state index is -0.292. The molecule has 1 saturated carbocycles. The van der Waals surface area contributed by atoms with Gasteiger partial charge in [-0.25, -0.2) is 0 Å². The van der Waals surface area contributed by atoms with Crippen molar-refractivity contribution in [1.29, 1.82) is 0 Å². The number of nitrogens with one attached hydrogen (secondary N) is 1. The Morgan fingerprint density at radius 3 is 2.78 bits per heavy atom. The first-order valence-electron chi connectivity index (χ1n) is 8.05. The summed E-state index contributed by atoms with van der Waals surface area (Å²) in [5.41, 5.74) is 0.437. The summed E-state index contributed by atoms with van der Waals surface area (Å²) in [7, 11) is 0. The third kappa shape index (κ3) is 2.42. The molecule has 0 spiro atoms. The summed E-state index contributed by atoms with van der Waals surface area (Å²) in [6, 6.07) is 5.47. The van der Waals surface area contributed by atoms with Crippen molar-refractivity contribution in [3.05, 3.63) is 18.2 Å². The van der Waals surface area contributed by atoms with Gasteiger partial charge >= 0.3 is 0 Å². The Hall–Kier alpha value is -2.24. The van der Waals surface area contributed by atoms with Crippen LogP contribution in [-0.4, -0.2) is 43.0 Å². The molecular weight excluding hydrogens is 296 g/mol. The van der Waals surface area contributed by atoms with Crippen LogP contribution in [-0.2, 0) is 9.59 Å². The smallest absolute Gasteiger partial charge is 0.231 e. The minimum Gasteiger partial charge on any atom is -0.486 e. The minimum absolute atomic E-state index is 0.0578. The van der Waals surface area contributed by atoms with Crippen LogP contribution in [0.4, 0.5) is 5.69 Å². The Bertz CT molecular complexity index is 675. The van der Waals surface area contributed by atoms with E-state index in [1.165, 1.54) is 0 Å². The quantitative estimate of drug-likeness (QED) is 0.901. The maximum atomic E-state index is 12.7. The van der Waals surface area contributed by atoms with Crippen LogP contribution >= 0.6 is 0 Å². The number of piperidine rings is 1. The van der Waals surface area contributed by atoms with E-state index >= 15 is 0 Å². The second-order valence-electron chi connectivity index (χ2n) is 6.58. The van der Waals surface area contributed by atoms with Gasteiger partial charge in [-0.2, -0.15) is 0 Å². The van der Waals surface area contributed by atoms with E-state index in [2.05, 4.69) is 5.32 Å². The lowest BCUT2D eigenvalue weighted by Crippen LogP contribution is -2.41. The Kier molecular flexibility index (Phi) is 3.21. The van der Waals surface area contributed by atoms with Gasteiger partial charge in [0.2, 0.25) is 11.8 Å². The van der Waals surface area contributed by atoms with Gasteiger partial charge in [0.15, 0.2) is 11.5 Å². The average molecular weight is 316 g/mol. The molecule has 2 heterocycles. The third-order valence-corrected chi connectivity index (χ3v) is 5.20. The number of nitrogens with zero attached hydrogens (tertiary/aromatic N) is 1. The number of amides is 2. The van der Waals surface area contributed by atoms with Crippen LogP contribution in [0.25, 0.3) is 0 Å². The number of hydrogen-bond acceptors (Lipinski definition) is 4. The molecule has 23 heavy (non-hydrogen) atoms. The highest BCUT2D eigenvalue weighted by Crippen LogP contribution is 2.58. The topological polar surface area (TPSA) is 67.9 Å². The molecule has 0 radical (unpaired) electrons. The summed E-state index contributed by atoms with van der Waals surface area (Å²) < 4.78 is 11.0. The third-order valence-electron chi connectivity index (χ3n) is 5.20. The van der Waals surface area contributed by atoms with Crippen molar-refractivity contribution in [1.82, 2.24) is 4.90 Å². The fourth-order valence-electron chi connectivity index (χ4n) is 3.67. The number of benzene rings is 1. The molecule has 1 aromatic carbocycles. The van der Waals surface area contributed by atoms with E-state index in [4.69, 9.17) is 9.47 Å². The van der Waals surface area contributed by atoms with Crippen molar-refractivity contribution in [2.24, 2.45) is 11.3 Å². The highest BCUT2D eigenvalue weighted by molar-refractivity contribution is 5.98. The zero-order valence-corrected chi connectivity index (χ0v) is 13.1. The number of carbonyl (C=O) groups excluding carboxylic acids is 2. The van der Waals surface area contributed by atoms with Crippen molar-refractivity contribution < 1.29 is 19.1 Å². The van der Waals surface area contributed by atoms with Gasteiger partial charge in [-0.05, 0) is 30.9 Å².